The first-order valence-corrected chi connectivity index (χ1v) is 11.2. The Kier molecular flexibility index (Phi) is 7.10. The molecule has 2 heterocycles. The van der Waals surface area contributed by atoms with E-state index in [-0.39, 0.29) is 5.91 Å². The summed E-state index contributed by atoms with van der Waals surface area (Å²) in [5.41, 5.74) is 2.56. The van der Waals surface area contributed by atoms with Crippen molar-refractivity contribution in [2.45, 2.75) is 25.3 Å². The molecule has 2 aliphatic rings. The average molecular weight is 424 g/mol. The van der Waals surface area contributed by atoms with Crippen molar-refractivity contribution in [2.24, 2.45) is 0 Å². The van der Waals surface area contributed by atoms with Gasteiger partial charge in [0.2, 0.25) is 5.91 Å². The van der Waals surface area contributed by atoms with Gasteiger partial charge in [-0.1, -0.05) is 24.3 Å². The molecule has 0 aliphatic carbocycles. The van der Waals surface area contributed by atoms with Gasteiger partial charge in [0.05, 0.1) is 13.7 Å². The number of hydrogen-bond acceptors (Lipinski definition) is 5. The van der Waals surface area contributed by atoms with E-state index in [1.54, 1.807) is 19.2 Å². The van der Waals surface area contributed by atoms with Crippen LogP contribution in [-0.2, 0) is 11.3 Å². The van der Waals surface area contributed by atoms with Crippen LogP contribution in [0, 0.1) is 0 Å². The van der Waals surface area contributed by atoms with Crippen molar-refractivity contribution in [1.29, 1.82) is 0 Å². The van der Waals surface area contributed by atoms with Gasteiger partial charge in [-0.15, -0.1) is 0 Å². The van der Waals surface area contributed by atoms with Gasteiger partial charge >= 0.3 is 0 Å². The van der Waals surface area contributed by atoms with E-state index in [1.807, 2.05) is 29.2 Å². The number of amides is 1. The Morgan fingerprint density at radius 3 is 2.16 bits per heavy atom. The minimum absolute atomic E-state index is 0.257. The van der Waals surface area contributed by atoms with E-state index in [0.717, 1.165) is 64.4 Å². The fraction of sp³-hybridized carbons (Fsp3) is 0.480. The van der Waals surface area contributed by atoms with Crippen LogP contribution in [0.15, 0.2) is 48.5 Å². The first kappa shape index (κ1) is 21.7. The lowest BCUT2D eigenvalue weighted by Crippen LogP contribution is -2.51. The zero-order valence-corrected chi connectivity index (χ0v) is 18.4. The lowest BCUT2D eigenvalue weighted by Gasteiger charge is -2.37. The first-order chi connectivity index (χ1) is 15.1. The van der Waals surface area contributed by atoms with Crippen molar-refractivity contribution >= 4 is 5.91 Å². The van der Waals surface area contributed by atoms with E-state index >= 15 is 0 Å². The summed E-state index contributed by atoms with van der Waals surface area (Å²) in [6.45, 7) is 6.79. The number of methoxy groups -OCH3 is 1. The van der Waals surface area contributed by atoms with E-state index in [9.17, 15) is 9.90 Å². The molecule has 6 nitrogen and oxygen atoms in total. The fourth-order valence-electron chi connectivity index (χ4n) is 4.61. The van der Waals surface area contributed by atoms with Crippen molar-refractivity contribution in [3.8, 4) is 11.5 Å². The molecule has 6 heteroatoms. The number of piperazine rings is 1. The normalized spacial score (nSPS) is 18.8. The Labute approximate surface area is 185 Å². The van der Waals surface area contributed by atoms with Gasteiger partial charge in [-0.25, -0.2) is 0 Å². The second-order valence-electron chi connectivity index (χ2n) is 8.65. The zero-order chi connectivity index (χ0) is 21.6. The Hall–Kier alpha value is -2.57. The maximum absolute atomic E-state index is 12.8. The maximum Gasteiger partial charge on any atom is 0.236 e. The van der Waals surface area contributed by atoms with Gasteiger partial charge in [0.15, 0.2) is 0 Å². The van der Waals surface area contributed by atoms with Crippen molar-refractivity contribution in [2.75, 3.05) is 52.9 Å². The number of ether oxygens (including phenoxy) is 1. The summed E-state index contributed by atoms with van der Waals surface area (Å²) >= 11 is 0. The number of rotatable bonds is 6. The van der Waals surface area contributed by atoms with E-state index in [2.05, 4.69) is 21.9 Å². The van der Waals surface area contributed by atoms with E-state index < -0.39 is 0 Å². The highest BCUT2D eigenvalue weighted by molar-refractivity contribution is 5.78. The van der Waals surface area contributed by atoms with Crippen LogP contribution in [0.4, 0.5) is 0 Å². The number of aromatic hydroxyl groups is 1. The predicted molar refractivity (Wildman–Crippen MR) is 121 cm³/mol. The van der Waals surface area contributed by atoms with Crippen molar-refractivity contribution in [3.05, 3.63) is 59.7 Å². The molecule has 1 N–H and O–H groups in total. The van der Waals surface area contributed by atoms with Crippen LogP contribution in [0.1, 0.15) is 29.9 Å². The summed E-state index contributed by atoms with van der Waals surface area (Å²) < 4.78 is 5.22. The Bertz CT molecular complexity index is 837. The molecule has 2 aromatic rings. The second kappa shape index (κ2) is 10.2. The number of hydrogen-bond donors (Lipinski definition) is 1. The molecule has 0 saturated carbocycles. The maximum atomic E-state index is 12.8. The number of nitrogens with zero attached hydrogens (tertiary/aromatic N) is 3. The van der Waals surface area contributed by atoms with Crippen LogP contribution in [-0.4, -0.2) is 78.6 Å². The third-order valence-electron chi connectivity index (χ3n) is 6.60. The highest BCUT2D eigenvalue weighted by atomic mass is 16.5. The van der Waals surface area contributed by atoms with Crippen LogP contribution in [0.3, 0.4) is 0 Å². The largest absolute Gasteiger partial charge is 0.508 e. The highest BCUT2D eigenvalue weighted by Gasteiger charge is 2.26. The van der Waals surface area contributed by atoms with Gasteiger partial charge in [-0.3, -0.25) is 14.6 Å². The molecule has 2 aliphatic heterocycles. The summed E-state index contributed by atoms with van der Waals surface area (Å²) in [5, 5.41) is 9.47. The Morgan fingerprint density at radius 2 is 1.55 bits per heavy atom. The number of carbonyl (C=O) groups is 1. The monoisotopic (exact) mass is 423 g/mol. The predicted octanol–water partition coefficient (Wildman–Crippen LogP) is 2.92. The average Bonchev–Trinajstić information content (AvgIpc) is 2.81. The molecular weight excluding hydrogens is 390 g/mol. The number of carbonyl (C=O) groups excluding carboxylic acids is 1. The van der Waals surface area contributed by atoms with E-state index in [1.165, 1.54) is 11.1 Å². The van der Waals surface area contributed by atoms with E-state index in [4.69, 9.17) is 4.74 Å². The topological polar surface area (TPSA) is 56.2 Å². The molecule has 1 amide bonds. The van der Waals surface area contributed by atoms with Gasteiger partial charge in [0.25, 0.3) is 0 Å². The SMILES string of the molecule is COc1ccc(CN2CCN(C(=O)CN3CCC(c4ccc(O)cc4)CC3)CC2)cc1. The second-order valence-corrected chi connectivity index (χ2v) is 8.65. The zero-order valence-electron chi connectivity index (χ0n) is 18.4. The smallest absolute Gasteiger partial charge is 0.236 e. The molecule has 2 fully saturated rings. The molecule has 31 heavy (non-hydrogen) atoms. The van der Waals surface area contributed by atoms with Crippen LogP contribution in [0.25, 0.3) is 0 Å². The Balaban J connectivity index is 1.18. The molecule has 0 bridgehead atoms. The molecule has 2 saturated heterocycles. The van der Waals surface area contributed by atoms with Gasteiger partial charge in [0.1, 0.15) is 11.5 Å². The highest BCUT2D eigenvalue weighted by Crippen LogP contribution is 2.29. The summed E-state index contributed by atoms with van der Waals surface area (Å²) in [6.07, 6.45) is 2.13. The number of phenols is 1. The fourth-order valence-corrected chi connectivity index (χ4v) is 4.61. The molecule has 166 valence electrons. The lowest BCUT2D eigenvalue weighted by atomic mass is 9.89. The van der Waals surface area contributed by atoms with Gasteiger partial charge in [-0.05, 0) is 67.2 Å². The molecule has 0 unspecified atom stereocenters. The summed E-state index contributed by atoms with van der Waals surface area (Å²) in [7, 11) is 1.68. The quantitative estimate of drug-likeness (QED) is 0.774. The van der Waals surface area contributed by atoms with Crippen LogP contribution in [0.5, 0.6) is 11.5 Å². The van der Waals surface area contributed by atoms with Gasteiger partial charge in [0, 0.05) is 32.7 Å². The molecule has 2 aromatic carbocycles. The standard InChI is InChI=1S/C25H33N3O3/c1-31-24-8-2-20(3-9-24)18-27-14-16-28(17-15-27)25(30)19-26-12-10-22(11-13-26)21-4-6-23(29)7-5-21/h2-9,22,29H,10-19H2,1H3. The molecular formula is C25H33N3O3. The first-order valence-electron chi connectivity index (χ1n) is 11.2. The Morgan fingerprint density at radius 1 is 0.903 bits per heavy atom. The number of piperidine rings is 1. The van der Waals surface area contributed by atoms with Crippen molar-refractivity contribution < 1.29 is 14.6 Å². The van der Waals surface area contributed by atoms with Crippen molar-refractivity contribution in [1.82, 2.24) is 14.7 Å². The summed E-state index contributed by atoms with van der Waals surface area (Å²) in [5.74, 6) is 1.97. The molecule has 0 spiro atoms. The minimum Gasteiger partial charge on any atom is -0.508 e. The molecule has 0 atom stereocenters. The van der Waals surface area contributed by atoms with Crippen LogP contribution in [0.2, 0.25) is 0 Å². The molecule has 0 radical (unpaired) electrons. The van der Waals surface area contributed by atoms with Gasteiger partial charge in [-0.2, -0.15) is 0 Å². The van der Waals surface area contributed by atoms with E-state index in [0.29, 0.717) is 18.2 Å². The molecule has 4 rings (SSSR count). The third-order valence-corrected chi connectivity index (χ3v) is 6.60. The van der Waals surface area contributed by atoms with Crippen molar-refractivity contribution in [3.63, 3.8) is 0 Å². The summed E-state index contributed by atoms with van der Waals surface area (Å²) in [6, 6.07) is 15.8. The minimum atomic E-state index is 0.257. The molecule has 0 aromatic heterocycles. The number of phenolic OH excluding ortho intramolecular Hbond substituents is 1. The van der Waals surface area contributed by atoms with Gasteiger partial charge < -0.3 is 14.7 Å². The third kappa shape index (κ3) is 5.77. The number of benzene rings is 2. The number of likely N-dealkylation sites (tertiary alicyclic amines) is 1. The summed E-state index contributed by atoms with van der Waals surface area (Å²) in [4.78, 5) is 19.5. The van der Waals surface area contributed by atoms with Crippen LogP contribution >= 0.6 is 0 Å². The lowest BCUT2D eigenvalue weighted by molar-refractivity contribution is -0.134. The van der Waals surface area contributed by atoms with Crippen LogP contribution < -0.4 is 4.74 Å².